The number of aliphatic hydroxyl groups is 2. The van der Waals surface area contributed by atoms with E-state index in [1.165, 1.54) is 7.11 Å². The van der Waals surface area contributed by atoms with E-state index >= 15 is 0 Å². The largest absolute Gasteiger partial charge is 0.453 e. The fourth-order valence-corrected chi connectivity index (χ4v) is 2.74. The van der Waals surface area contributed by atoms with Crippen molar-refractivity contribution in [1.82, 2.24) is 4.98 Å². The van der Waals surface area contributed by atoms with Crippen LogP contribution in [0.1, 0.15) is 23.8 Å². The van der Waals surface area contributed by atoms with Crippen LogP contribution in [0.25, 0.3) is 10.9 Å². The number of carbonyl (C=O) groups is 1. The highest BCUT2D eigenvalue weighted by molar-refractivity contribution is 6.00. The molecule has 0 saturated heterocycles. The minimum atomic E-state index is -0.841. The summed E-state index contributed by atoms with van der Waals surface area (Å²) >= 11 is 0. The summed E-state index contributed by atoms with van der Waals surface area (Å²) in [5.74, 6) is 0. The molecule has 6 nitrogen and oxygen atoms in total. The van der Waals surface area contributed by atoms with E-state index in [-0.39, 0.29) is 6.42 Å². The molecule has 2 aromatic rings. The molecule has 2 atom stereocenters. The number of carbonyl (C=O) groups excluding carboxylic acids is 1. The fraction of sp³-hybridized carbons (Fsp3) is 0.333. The number of hydrogen-bond donors (Lipinski definition) is 3. The van der Waals surface area contributed by atoms with Crippen molar-refractivity contribution in [3.05, 3.63) is 35.5 Å². The standard InChI is InChI=1S/C15H16N2O4/c1-21-15(20)17-13-9-4-2-3-5-11(9)16-14-10(13)6-8(18)7-12(14)19/h2-5,8,12,18-19H,6-7H2,1H3,(H,16,17,20). The van der Waals surface area contributed by atoms with Gasteiger partial charge in [0.05, 0.1) is 36.2 Å². The third-order valence-electron chi connectivity index (χ3n) is 3.69. The molecule has 1 aromatic heterocycles. The topological polar surface area (TPSA) is 91.7 Å². The van der Waals surface area contributed by atoms with E-state index in [1.54, 1.807) is 0 Å². The van der Waals surface area contributed by atoms with E-state index in [0.717, 1.165) is 5.39 Å². The van der Waals surface area contributed by atoms with Gasteiger partial charge in [0.2, 0.25) is 0 Å². The zero-order valence-corrected chi connectivity index (χ0v) is 11.5. The summed E-state index contributed by atoms with van der Waals surface area (Å²) < 4.78 is 4.65. The number of amides is 1. The second-order valence-electron chi connectivity index (χ2n) is 5.09. The van der Waals surface area contributed by atoms with Crippen molar-refractivity contribution in [1.29, 1.82) is 0 Å². The molecule has 0 saturated carbocycles. The van der Waals surface area contributed by atoms with Crippen molar-refractivity contribution in [2.45, 2.75) is 25.0 Å². The lowest BCUT2D eigenvalue weighted by Gasteiger charge is -2.27. The first-order valence-corrected chi connectivity index (χ1v) is 6.72. The van der Waals surface area contributed by atoms with Crippen LogP contribution < -0.4 is 5.32 Å². The zero-order valence-electron chi connectivity index (χ0n) is 11.5. The molecule has 3 rings (SSSR count). The molecule has 3 N–H and O–H groups in total. The number of rotatable bonds is 1. The van der Waals surface area contributed by atoms with Crippen molar-refractivity contribution >= 4 is 22.7 Å². The molecule has 1 heterocycles. The average molecular weight is 288 g/mol. The van der Waals surface area contributed by atoms with Gasteiger partial charge in [-0.1, -0.05) is 18.2 Å². The first-order valence-electron chi connectivity index (χ1n) is 6.72. The maximum absolute atomic E-state index is 11.6. The lowest BCUT2D eigenvalue weighted by Crippen LogP contribution is -2.26. The Labute approximate surface area is 121 Å². The van der Waals surface area contributed by atoms with E-state index in [9.17, 15) is 15.0 Å². The van der Waals surface area contributed by atoms with Gasteiger partial charge in [0.1, 0.15) is 0 Å². The Morgan fingerprint density at radius 2 is 2.14 bits per heavy atom. The van der Waals surface area contributed by atoms with Gasteiger partial charge in [0, 0.05) is 23.8 Å². The zero-order chi connectivity index (χ0) is 15.0. The molecule has 1 amide bonds. The molecular formula is C15H16N2O4. The average Bonchev–Trinajstić information content (AvgIpc) is 2.47. The lowest BCUT2D eigenvalue weighted by molar-refractivity contribution is 0.0657. The summed E-state index contributed by atoms with van der Waals surface area (Å²) in [6.45, 7) is 0. The van der Waals surface area contributed by atoms with Gasteiger partial charge in [-0.15, -0.1) is 0 Å². The van der Waals surface area contributed by atoms with Crippen molar-refractivity contribution in [2.24, 2.45) is 0 Å². The second-order valence-corrected chi connectivity index (χ2v) is 5.09. The number of aromatic nitrogens is 1. The third-order valence-corrected chi connectivity index (χ3v) is 3.69. The smallest absolute Gasteiger partial charge is 0.411 e. The lowest BCUT2D eigenvalue weighted by atomic mass is 9.89. The van der Waals surface area contributed by atoms with Crippen LogP contribution in [-0.4, -0.2) is 34.5 Å². The van der Waals surface area contributed by atoms with E-state index in [2.05, 4.69) is 15.0 Å². The van der Waals surface area contributed by atoms with E-state index in [1.807, 2.05) is 24.3 Å². The van der Waals surface area contributed by atoms with Gasteiger partial charge in [-0.25, -0.2) is 9.78 Å². The van der Waals surface area contributed by atoms with Crippen LogP contribution >= 0.6 is 0 Å². The van der Waals surface area contributed by atoms with Crippen LogP contribution in [0.5, 0.6) is 0 Å². The van der Waals surface area contributed by atoms with Gasteiger partial charge in [0.25, 0.3) is 0 Å². The number of anilines is 1. The van der Waals surface area contributed by atoms with Crippen molar-refractivity contribution in [3.8, 4) is 0 Å². The fourth-order valence-electron chi connectivity index (χ4n) is 2.74. The molecule has 0 radical (unpaired) electrons. The Morgan fingerprint density at radius 3 is 2.90 bits per heavy atom. The SMILES string of the molecule is COC(=O)Nc1c2c(nc3ccccc13)C(O)CC(O)C2. The number of benzene rings is 1. The van der Waals surface area contributed by atoms with Crippen LogP contribution in [0.15, 0.2) is 24.3 Å². The van der Waals surface area contributed by atoms with Gasteiger partial charge >= 0.3 is 6.09 Å². The molecule has 0 spiro atoms. The van der Waals surface area contributed by atoms with E-state index < -0.39 is 18.3 Å². The number of methoxy groups -OCH3 is 1. The molecular weight excluding hydrogens is 272 g/mol. The van der Waals surface area contributed by atoms with Crippen molar-refractivity contribution in [2.75, 3.05) is 12.4 Å². The molecule has 6 heteroatoms. The van der Waals surface area contributed by atoms with E-state index in [4.69, 9.17) is 0 Å². The number of hydrogen-bond acceptors (Lipinski definition) is 5. The minimum Gasteiger partial charge on any atom is -0.453 e. The van der Waals surface area contributed by atoms with Crippen molar-refractivity contribution < 1.29 is 19.7 Å². The van der Waals surface area contributed by atoms with Crippen LogP contribution in [0.2, 0.25) is 0 Å². The van der Waals surface area contributed by atoms with Gasteiger partial charge in [-0.2, -0.15) is 0 Å². The Balaban J connectivity index is 2.24. The number of para-hydroxylation sites is 1. The minimum absolute atomic E-state index is 0.246. The maximum atomic E-state index is 11.6. The summed E-state index contributed by atoms with van der Waals surface area (Å²) in [7, 11) is 1.29. The molecule has 21 heavy (non-hydrogen) atoms. The number of nitrogens with one attached hydrogen (secondary N) is 1. The quantitative estimate of drug-likeness (QED) is 0.743. The van der Waals surface area contributed by atoms with Crippen LogP contribution in [0, 0.1) is 0 Å². The Bertz CT molecular complexity index is 701. The van der Waals surface area contributed by atoms with Crippen LogP contribution in [0.3, 0.4) is 0 Å². The Kier molecular flexibility index (Phi) is 3.48. The van der Waals surface area contributed by atoms with Gasteiger partial charge in [-0.3, -0.25) is 5.32 Å². The van der Waals surface area contributed by atoms with Crippen LogP contribution in [-0.2, 0) is 11.2 Å². The van der Waals surface area contributed by atoms with Gasteiger partial charge < -0.3 is 14.9 Å². The molecule has 0 aliphatic heterocycles. The third kappa shape index (κ3) is 2.43. The van der Waals surface area contributed by atoms with Gasteiger partial charge in [-0.05, 0) is 6.07 Å². The molecule has 1 aliphatic carbocycles. The summed E-state index contributed by atoms with van der Waals surface area (Å²) in [6.07, 6.45) is -1.51. The summed E-state index contributed by atoms with van der Waals surface area (Å²) in [5.41, 5.74) is 2.38. The number of aliphatic hydroxyl groups excluding tert-OH is 2. The second kappa shape index (κ2) is 5.31. The predicted molar refractivity (Wildman–Crippen MR) is 77.1 cm³/mol. The highest BCUT2D eigenvalue weighted by Gasteiger charge is 2.29. The van der Waals surface area contributed by atoms with E-state index in [0.29, 0.717) is 28.9 Å². The molecule has 110 valence electrons. The molecule has 2 unspecified atom stereocenters. The highest BCUT2D eigenvalue weighted by atomic mass is 16.5. The maximum Gasteiger partial charge on any atom is 0.411 e. The molecule has 0 bridgehead atoms. The van der Waals surface area contributed by atoms with Gasteiger partial charge in [0.15, 0.2) is 0 Å². The summed E-state index contributed by atoms with van der Waals surface area (Å²) in [4.78, 5) is 16.1. The Hall–Kier alpha value is -2.18. The van der Waals surface area contributed by atoms with Crippen molar-refractivity contribution in [3.63, 3.8) is 0 Å². The highest BCUT2D eigenvalue weighted by Crippen LogP contribution is 2.37. The number of pyridine rings is 1. The molecule has 1 aliphatic rings. The first-order chi connectivity index (χ1) is 10.1. The number of ether oxygens (including phenoxy) is 1. The predicted octanol–water partition coefficient (Wildman–Crippen LogP) is 1.75. The normalized spacial score (nSPS) is 20.9. The molecule has 1 aromatic carbocycles. The molecule has 0 fully saturated rings. The summed E-state index contributed by atoms with van der Waals surface area (Å²) in [6, 6.07) is 7.33. The monoisotopic (exact) mass is 288 g/mol. The van der Waals surface area contributed by atoms with Crippen LogP contribution in [0.4, 0.5) is 10.5 Å². The Morgan fingerprint density at radius 1 is 1.38 bits per heavy atom. The first kappa shape index (κ1) is 13.8. The number of fused-ring (bicyclic) bond motifs is 2. The number of nitrogens with zero attached hydrogens (tertiary/aromatic N) is 1. The summed E-state index contributed by atoms with van der Waals surface area (Å²) in [5, 5.41) is 23.5.